The second kappa shape index (κ2) is 9.24. The molecule has 1 aromatic carbocycles. The Labute approximate surface area is 196 Å². The van der Waals surface area contributed by atoms with E-state index in [1.807, 2.05) is 0 Å². The van der Waals surface area contributed by atoms with E-state index in [-0.39, 0.29) is 49.2 Å². The molecular weight excluding hydrogens is 473 g/mol. The van der Waals surface area contributed by atoms with Gasteiger partial charge in [0.05, 0.1) is 17.6 Å². The minimum absolute atomic E-state index is 0.0181. The van der Waals surface area contributed by atoms with Gasteiger partial charge in [0.2, 0.25) is 11.8 Å². The zero-order valence-electron chi connectivity index (χ0n) is 18.3. The van der Waals surface area contributed by atoms with Crippen LogP contribution in [0.25, 0.3) is 0 Å². The minimum Gasteiger partial charge on any atom is -0.444 e. The van der Waals surface area contributed by atoms with Crippen molar-refractivity contribution in [2.75, 3.05) is 5.32 Å². The van der Waals surface area contributed by atoms with E-state index < -0.39 is 30.2 Å². The fraction of sp³-hybridized carbons (Fsp3) is 0.318. The highest BCUT2D eigenvalue weighted by Crippen LogP contribution is 2.29. The highest BCUT2D eigenvalue weighted by Gasteiger charge is 2.39. The van der Waals surface area contributed by atoms with Crippen LogP contribution >= 0.6 is 0 Å². The van der Waals surface area contributed by atoms with Crippen LogP contribution in [0, 0.1) is 6.92 Å². The van der Waals surface area contributed by atoms with Crippen LogP contribution in [0.1, 0.15) is 40.0 Å². The van der Waals surface area contributed by atoms with Crippen LogP contribution in [0.3, 0.4) is 0 Å². The molecule has 0 saturated carbocycles. The average molecular weight is 492 g/mol. The highest BCUT2D eigenvalue weighted by molar-refractivity contribution is 6.05. The standard InChI is InChI=1S/C22H19F3N4O6/c1-11-17(35-22(23,24)25)7-14(8-26-11)27-21(33)34-10-12-2-3-13-9-29(20(32)15(13)6-12)16-4-5-18(30)28-19(16)31/h2-3,6-8,16H,4-5,9-10H2,1H3,(H,27,33)(H,28,30,31). The molecule has 4 rings (SSSR count). The molecule has 2 aliphatic rings. The first-order valence-corrected chi connectivity index (χ1v) is 10.4. The van der Waals surface area contributed by atoms with Crippen molar-refractivity contribution >= 4 is 29.5 Å². The van der Waals surface area contributed by atoms with Gasteiger partial charge in [-0.15, -0.1) is 13.2 Å². The molecule has 0 radical (unpaired) electrons. The van der Waals surface area contributed by atoms with E-state index >= 15 is 0 Å². The van der Waals surface area contributed by atoms with E-state index in [0.717, 1.165) is 12.3 Å². The predicted octanol–water partition coefficient (Wildman–Crippen LogP) is 2.80. The number of carbonyl (C=O) groups is 4. The lowest BCUT2D eigenvalue weighted by Crippen LogP contribution is -2.52. The van der Waals surface area contributed by atoms with Crippen molar-refractivity contribution < 1.29 is 41.8 Å². The summed E-state index contributed by atoms with van der Waals surface area (Å²) in [5.41, 5.74) is 1.45. The van der Waals surface area contributed by atoms with Crippen molar-refractivity contribution in [3.05, 3.63) is 52.8 Å². The number of imide groups is 1. The average Bonchev–Trinajstić information content (AvgIpc) is 3.09. The van der Waals surface area contributed by atoms with Crippen LogP contribution in [0.15, 0.2) is 30.5 Å². The van der Waals surface area contributed by atoms with Crippen molar-refractivity contribution in [2.24, 2.45) is 0 Å². The Bertz CT molecular complexity index is 1220. The Hall–Kier alpha value is -4.16. The Balaban J connectivity index is 1.37. The maximum absolute atomic E-state index is 12.9. The third-order valence-electron chi connectivity index (χ3n) is 5.48. The van der Waals surface area contributed by atoms with E-state index in [0.29, 0.717) is 16.7 Å². The van der Waals surface area contributed by atoms with Crippen LogP contribution < -0.4 is 15.4 Å². The number of alkyl halides is 3. The number of nitrogens with zero attached hydrogens (tertiary/aromatic N) is 2. The van der Waals surface area contributed by atoms with Crippen LogP contribution in [0.5, 0.6) is 5.75 Å². The van der Waals surface area contributed by atoms with Crippen LogP contribution in [-0.4, -0.2) is 46.1 Å². The maximum atomic E-state index is 12.9. The molecule has 35 heavy (non-hydrogen) atoms. The van der Waals surface area contributed by atoms with Gasteiger partial charge in [-0.1, -0.05) is 12.1 Å². The highest BCUT2D eigenvalue weighted by atomic mass is 19.4. The topological polar surface area (TPSA) is 127 Å². The molecule has 0 aliphatic carbocycles. The molecule has 0 bridgehead atoms. The molecule has 4 amide bonds. The second-order valence-electron chi connectivity index (χ2n) is 7.95. The molecule has 0 spiro atoms. The molecule has 1 atom stereocenters. The quantitative estimate of drug-likeness (QED) is 0.615. The SMILES string of the molecule is Cc1ncc(NC(=O)OCc2ccc3c(c2)C(=O)N(C2CCC(=O)NC2=O)C3)cc1OC(F)(F)F. The molecule has 184 valence electrons. The number of anilines is 1. The Morgan fingerprint density at radius 2 is 2.03 bits per heavy atom. The van der Waals surface area contributed by atoms with Crippen molar-refractivity contribution in [1.82, 2.24) is 15.2 Å². The number of hydrogen-bond acceptors (Lipinski definition) is 7. The molecule has 1 unspecified atom stereocenters. The van der Waals surface area contributed by atoms with Gasteiger partial charge in [-0.25, -0.2) is 4.79 Å². The number of hydrogen-bond donors (Lipinski definition) is 2. The number of carbonyl (C=O) groups excluding carboxylic acids is 4. The smallest absolute Gasteiger partial charge is 0.444 e. The van der Waals surface area contributed by atoms with Crippen molar-refractivity contribution in [3.8, 4) is 5.75 Å². The van der Waals surface area contributed by atoms with Gasteiger partial charge < -0.3 is 14.4 Å². The molecule has 1 aromatic heterocycles. The summed E-state index contributed by atoms with van der Waals surface area (Å²) in [5, 5.41) is 4.50. The van der Waals surface area contributed by atoms with Crippen LogP contribution in [0.2, 0.25) is 0 Å². The third-order valence-corrected chi connectivity index (χ3v) is 5.48. The van der Waals surface area contributed by atoms with Gasteiger partial charge in [0.1, 0.15) is 12.6 Å². The van der Waals surface area contributed by atoms with E-state index in [4.69, 9.17) is 4.74 Å². The van der Waals surface area contributed by atoms with Gasteiger partial charge in [-0.2, -0.15) is 0 Å². The molecule has 10 nitrogen and oxygen atoms in total. The summed E-state index contributed by atoms with van der Waals surface area (Å²) in [7, 11) is 0. The zero-order valence-corrected chi connectivity index (χ0v) is 18.3. The lowest BCUT2D eigenvalue weighted by atomic mass is 10.0. The number of aromatic nitrogens is 1. The number of rotatable bonds is 5. The number of aryl methyl sites for hydroxylation is 1. The monoisotopic (exact) mass is 492 g/mol. The fourth-order valence-corrected chi connectivity index (χ4v) is 3.80. The van der Waals surface area contributed by atoms with Gasteiger partial charge in [0.15, 0.2) is 5.75 Å². The van der Waals surface area contributed by atoms with Crippen molar-refractivity contribution in [3.63, 3.8) is 0 Å². The fourth-order valence-electron chi connectivity index (χ4n) is 3.80. The molecular formula is C22H19F3N4O6. The molecule has 13 heteroatoms. The number of fused-ring (bicyclic) bond motifs is 1. The van der Waals surface area contributed by atoms with Crippen LogP contribution in [0.4, 0.5) is 23.7 Å². The summed E-state index contributed by atoms with van der Waals surface area (Å²) in [6.45, 7) is 1.31. The van der Waals surface area contributed by atoms with Crippen molar-refractivity contribution in [1.29, 1.82) is 0 Å². The zero-order chi connectivity index (χ0) is 25.3. The summed E-state index contributed by atoms with van der Waals surface area (Å²) >= 11 is 0. The number of ether oxygens (including phenoxy) is 2. The van der Waals surface area contributed by atoms with E-state index in [1.54, 1.807) is 18.2 Å². The first-order valence-electron chi connectivity index (χ1n) is 10.4. The summed E-state index contributed by atoms with van der Waals surface area (Å²) in [6.07, 6.45) is -4.33. The van der Waals surface area contributed by atoms with E-state index in [2.05, 4.69) is 20.4 Å². The minimum atomic E-state index is -4.91. The Kier molecular flexibility index (Phi) is 6.33. The number of pyridine rings is 1. The molecule has 2 aromatic rings. The molecule has 1 saturated heterocycles. The van der Waals surface area contributed by atoms with Gasteiger partial charge >= 0.3 is 12.5 Å². The second-order valence-corrected chi connectivity index (χ2v) is 7.95. The van der Waals surface area contributed by atoms with Gasteiger partial charge in [0.25, 0.3) is 5.91 Å². The number of nitrogens with one attached hydrogen (secondary N) is 2. The predicted molar refractivity (Wildman–Crippen MR) is 112 cm³/mol. The van der Waals surface area contributed by atoms with Crippen molar-refractivity contribution in [2.45, 2.75) is 45.3 Å². The Morgan fingerprint density at radius 3 is 2.74 bits per heavy atom. The normalized spacial score (nSPS) is 17.7. The summed E-state index contributed by atoms with van der Waals surface area (Å²) in [4.78, 5) is 53.6. The molecule has 1 fully saturated rings. The number of halogens is 3. The lowest BCUT2D eigenvalue weighted by Gasteiger charge is -2.29. The largest absolute Gasteiger partial charge is 0.573 e. The van der Waals surface area contributed by atoms with Gasteiger partial charge in [-0.05, 0) is 30.5 Å². The molecule has 2 aliphatic heterocycles. The summed E-state index contributed by atoms with van der Waals surface area (Å²) in [6, 6.07) is 5.09. The number of amides is 4. The van der Waals surface area contributed by atoms with Crippen LogP contribution in [-0.2, 0) is 27.5 Å². The maximum Gasteiger partial charge on any atom is 0.573 e. The summed E-state index contributed by atoms with van der Waals surface area (Å²) in [5.74, 6) is -1.83. The molecule has 2 N–H and O–H groups in total. The summed E-state index contributed by atoms with van der Waals surface area (Å²) < 4.78 is 46.4. The number of piperidine rings is 1. The van der Waals surface area contributed by atoms with Gasteiger partial charge in [0, 0.05) is 24.6 Å². The van der Waals surface area contributed by atoms with E-state index in [9.17, 15) is 32.3 Å². The number of benzene rings is 1. The van der Waals surface area contributed by atoms with Gasteiger partial charge in [-0.3, -0.25) is 30.0 Å². The van der Waals surface area contributed by atoms with E-state index in [1.165, 1.54) is 11.8 Å². The Morgan fingerprint density at radius 1 is 1.26 bits per heavy atom. The first kappa shape index (κ1) is 24.0. The lowest BCUT2D eigenvalue weighted by molar-refractivity contribution is -0.275. The molecule has 3 heterocycles. The first-order chi connectivity index (χ1) is 16.5. The third kappa shape index (κ3) is 5.50.